The average molecular weight is 252 g/mol. The lowest BCUT2D eigenvalue weighted by molar-refractivity contribution is 0.875. The van der Waals surface area contributed by atoms with E-state index in [9.17, 15) is 0 Å². The third-order valence-electron chi connectivity index (χ3n) is 2.97. The lowest BCUT2D eigenvalue weighted by Gasteiger charge is -2.08. The predicted molar refractivity (Wildman–Crippen MR) is 78.1 cm³/mol. The zero-order valence-corrected chi connectivity index (χ0v) is 11.0. The summed E-state index contributed by atoms with van der Waals surface area (Å²) in [6.45, 7) is 4.16. The summed E-state index contributed by atoms with van der Waals surface area (Å²) in [5.41, 5.74) is 3.08. The molecule has 0 spiro atoms. The van der Waals surface area contributed by atoms with E-state index in [4.69, 9.17) is 0 Å². The second-order valence-electron chi connectivity index (χ2n) is 4.85. The summed E-state index contributed by atoms with van der Waals surface area (Å²) < 4.78 is 0. The molecule has 2 heterocycles. The van der Waals surface area contributed by atoms with Gasteiger partial charge in [-0.15, -0.1) is 10.2 Å². The van der Waals surface area contributed by atoms with Gasteiger partial charge in [-0.05, 0) is 32.0 Å². The van der Waals surface area contributed by atoms with Crippen LogP contribution in [0.15, 0.2) is 42.6 Å². The SMILES string of the molecule is CC(C)Nc1ccc(-c2c[nH]c3ccccc23)nn1. The predicted octanol–water partition coefficient (Wildman–Crippen LogP) is 3.45. The minimum Gasteiger partial charge on any atom is -0.366 e. The monoisotopic (exact) mass is 252 g/mol. The van der Waals surface area contributed by atoms with Gasteiger partial charge in [0.1, 0.15) is 5.82 Å². The van der Waals surface area contributed by atoms with E-state index in [0.29, 0.717) is 6.04 Å². The van der Waals surface area contributed by atoms with Crippen LogP contribution >= 0.6 is 0 Å². The zero-order valence-electron chi connectivity index (χ0n) is 11.0. The Hall–Kier alpha value is -2.36. The minimum absolute atomic E-state index is 0.355. The molecule has 0 aliphatic rings. The summed E-state index contributed by atoms with van der Waals surface area (Å²) in [7, 11) is 0. The van der Waals surface area contributed by atoms with Crippen LogP contribution in [0.25, 0.3) is 22.2 Å². The van der Waals surface area contributed by atoms with Gasteiger partial charge in [-0.1, -0.05) is 18.2 Å². The van der Waals surface area contributed by atoms with E-state index in [-0.39, 0.29) is 0 Å². The molecule has 0 aliphatic heterocycles. The molecular formula is C15H16N4. The number of hydrogen-bond acceptors (Lipinski definition) is 3. The molecule has 0 saturated carbocycles. The molecular weight excluding hydrogens is 236 g/mol. The van der Waals surface area contributed by atoms with Gasteiger partial charge in [0.25, 0.3) is 0 Å². The Kier molecular flexibility index (Phi) is 2.91. The molecule has 0 radical (unpaired) electrons. The number of anilines is 1. The topological polar surface area (TPSA) is 53.6 Å². The first-order valence-corrected chi connectivity index (χ1v) is 6.41. The molecule has 4 heteroatoms. The molecule has 96 valence electrons. The van der Waals surface area contributed by atoms with Crippen molar-refractivity contribution >= 4 is 16.7 Å². The molecule has 0 unspecified atom stereocenters. The Morgan fingerprint density at radius 1 is 1.05 bits per heavy atom. The number of H-pyrrole nitrogens is 1. The maximum absolute atomic E-state index is 4.29. The number of fused-ring (bicyclic) bond motifs is 1. The largest absolute Gasteiger partial charge is 0.366 e. The molecule has 19 heavy (non-hydrogen) atoms. The quantitative estimate of drug-likeness (QED) is 0.750. The van der Waals surface area contributed by atoms with Crippen molar-refractivity contribution in [1.29, 1.82) is 0 Å². The van der Waals surface area contributed by atoms with Gasteiger partial charge in [-0.3, -0.25) is 0 Å². The van der Waals surface area contributed by atoms with E-state index >= 15 is 0 Å². The van der Waals surface area contributed by atoms with Crippen molar-refractivity contribution in [3.05, 3.63) is 42.6 Å². The number of aromatic nitrogens is 3. The summed E-state index contributed by atoms with van der Waals surface area (Å²) >= 11 is 0. The van der Waals surface area contributed by atoms with Crippen molar-refractivity contribution in [2.45, 2.75) is 19.9 Å². The number of benzene rings is 1. The van der Waals surface area contributed by atoms with Gasteiger partial charge in [0.2, 0.25) is 0 Å². The van der Waals surface area contributed by atoms with Gasteiger partial charge in [-0.25, -0.2) is 0 Å². The van der Waals surface area contributed by atoms with Crippen LogP contribution in [0.1, 0.15) is 13.8 Å². The maximum atomic E-state index is 4.29. The molecule has 0 amide bonds. The van der Waals surface area contributed by atoms with Gasteiger partial charge in [0, 0.05) is 28.7 Å². The molecule has 0 aliphatic carbocycles. The first-order chi connectivity index (χ1) is 9.24. The van der Waals surface area contributed by atoms with Crippen molar-refractivity contribution in [1.82, 2.24) is 15.2 Å². The smallest absolute Gasteiger partial charge is 0.148 e. The van der Waals surface area contributed by atoms with Crippen molar-refractivity contribution in [3.8, 4) is 11.3 Å². The average Bonchev–Trinajstić information content (AvgIpc) is 2.83. The van der Waals surface area contributed by atoms with Gasteiger partial charge in [-0.2, -0.15) is 0 Å². The third kappa shape index (κ3) is 2.29. The van der Waals surface area contributed by atoms with E-state index in [1.807, 2.05) is 30.5 Å². The van der Waals surface area contributed by atoms with Crippen molar-refractivity contribution < 1.29 is 0 Å². The van der Waals surface area contributed by atoms with Gasteiger partial charge in [0.15, 0.2) is 0 Å². The number of hydrogen-bond donors (Lipinski definition) is 2. The fourth-order valence-electron chi connectivity index (χ4n) is 2.13. The number of nitrogens with one attached hydrogen (secondary N) is 2. The Morgan fingerprint density at radius 2 is 1.89 bits per heavy atom. The van der Waals surface area contributed by atoms with Gasteiger partial charge < -0.3 is 10.3 Å². The summed E-state index contributed by atoms with van der Waals surface area (Å²) in [4.78, 5) is 3.25. The molecule has 4 nitrogen and oxygen atoms in total. The molecule has 1 aromatic carbocycles. The highest BCUT2D eigenvalue weighted by molar-refractivity contribution is 5.94. The Morgan fingerprint density at radius 3 is 2.63 bits per heavy atom. The second-order valence-corrected chi connectivity index (χ2v) is 4.85. The normalized spacial score (nSPS) is 11.1. The lowest BCUT2D eigenvalue weighted by atomic mass is 10.1. The van der Waals surface area contributed by atoms with Crippen LogP contribution in [-0.4, -0.2) is 21.2 Å². The van der Waals surface area contributed by atoms with Crippen LogP contribution in [0, 0.1) is 0 Å². The van der Waals surface area contributed by atoms with E-state index < -0.39 is 0 Å². The fourth-order valence-corrected chi connectivity index (χ4v) is 2.13. The van der Waals surface area contributed by atoms with E-state index in [2.05, 4.69) is 46.5 Å². The standard InChI is InChI=1S/C15H16N4/c1-10(2)17-15-8-7-14(18-19-15)12-9-16-13-6-4-3-5-11(12)13/h3-10,16H,1-2H3,(H,17,19). The molecule has 3 rings (SSSR count). The highest BCUT2D eigenvalue weighted by Gasteiger charge is 2.07. The van der Waals surface area contributed by atoms with Crippen molar-refractivity contribution in [3.63, 3.8) is 0 Å². The highest BCUT2D eigenvalue weighted by atomic mass is 15.2. The first-order valence-electron chi connectivity index (χ1n) is 6.41. The zero-order chi connectivity index (χ0) is 13.2. The second kappa shape index (κ2) is 4.72. The van der Waals surface area contributed by atoms with E-state index in [1.165, 1.54) is 5.39 Å². The minimum atomic E-state index is 0.355. The Balaban J connectivity index is 1.98. The van der Waals surface area contributed by atoms with Crippen molar-refractivity contribution in [2.24, 2.45) is 0 Å². The van der Waals surface area contributed by atoms with Crippen LogP contribution in [0.4, 0.5) is 5.82 Å². The fraction of sp³-hybridized carbons (Fsp3) is 0.200. The van der Waals surface area contributed by atoms with Crippen LogP contribution in [0.5, 0.6) is 0 Å². The highest BCUT2D eigenvalue weighted by Crippen LogP contribution is 2.26. The molecule has 0 fully saturated rings. The number of nitrogens with zero attached hydrogens (tertiary/aromatic N) is 2. The summed E-state index contributed by atoms with van der Waals surface area (Å²) in [6.07, 6.45) is 1.98. The lowest BCUT2D eigenvalue weighted by Crippen LogP contribution is -2.11. The summed E-state index contributed by atoms with van der Waals surface area (Å²) in [6, 6.07) is 12.5. The summed E-state index contributed by atoms with van der Waals surface area (Å²) in [5.74, 6) is 0.804. The van der Waals surface area contributed by atoms with E-state index in [1.54, 1.807) is 0 Å². The molecule has 3 aromatic rings. The van der Waals surface area contributed by atoms with Crippen LogP contribution in [0.2, 0.25) is 0 Å². The third-order valence-corrected chi connectivity index (χ3v) is 2.97. The van der Waals surface area contributed by atoms with E-state index in [0.717, 1.165) is 22.6 Å². The molecule has 0 saturated heterocycles. The number of rotatable bonds is 3. The van der Waals surface area contributed by atoms with Crippen LogP contribution < -0.4 is 5.32 Å². The molecule has 2 aromatic heterocycles. The number of para-hydroxylation sites is 1. The van der Waals surface area contributed by atoms with Crippen molar-refractivity contribution in [2.75, 3.05) is 5.32 Å². The molecule has 2 N–H and O–H groups in total. The van der Waals surface area contributed by atoms with Gasteiger partial charge in [0.05, 0.1) is 5.69 Å². The van der Waals surface area contributed by atoms with Crippen LogP contribution in [-0.2, 0) is 0 Å². The van der Waals surface area contributed by atoms with Crippen LogP contribution in [0.3, 0.4) is 0 Å². The molecule has 0 atom stereocenters. The summed E-state index contributed by atoms with van der Waals surface area (Å²) in [5, 5.41) is 12.9. The first kappa shape index (κ1) is 11.7. The molecule has 0 bridgehead atoms. The Bertz CT molecular complexity index is 683. The maximum Gasteiger partial charge on any atom is 0.148 e. The number of aromatic amines is 1. The Labute approximate surface area is 111 Å². The van der Waals surface area contributed by atoms with Gasteiger partial charge >= 0.3 is 0 Å².